The Hall–Kier alpha value is -2.99. The molecule has 3 saturated heterocycles. The Balaban J connectivity index is 1.57. The Kier molecular flexibility index (Phi) is 4.01. The number of rotatable bonds is 2. The molecule has 6 nitrogen and oxygen atoms in total. The van der Waals surface area contributed by atoms with E-state index >= 15 is 0 Å². The van der Waals surface area contributed by atoms with Gasteiger partial charge in [0.25, 0.3) is 5.91 Å². The van der Waals surface area contributed by atoms with Gasteiger partial charge in [0.05, 0.1) is 17.9 Å². The Morgan fingerprint density at radius 3 is 2.56 bits per heavy atom. The molecule has 6 rings (SSSR count). The molecule has 0 saturated carbocycles. The topological polar surface area (TPSA) is 62.1 Å². The minimum atomic E-state index is -1.00. The van der Waals surface area contributed by atoms with Crippen LogP contribution in [-0.4, -0.2) is 36.9 Å². The van der Waals surface area contributed by atoms with Gasteiger partial charge in [-0.1, -0.05) is 35.9 Å². The molecule has 0 aromatic heterocycles. The van der Waals surface area contributed by atoms with Crippen LogP contribution in [0.2, 0.25) is 0 Å². The Morgan fingerprint density at radius 1 is 1.03 bits per heavy atom. The summed E-state index contributed by atoms with van der Waals surface area (Å²) in [6, 6.07) is 13.7. The van der Waals surface area contributed by atoms with E-state index in [1.807, 2.05) is 68.1 Å². The van der Waals surface area contributed by atoms with Crippen molar-refractivity contribution >= 4 is 29.1 Å². The fraction of sp³-hybridized carbons (Fsp3) is 0.423. The molecule has 5 atom stereocenters. The first-order chi connectivity index (χ1) is 15.4. The molecule has 2 aromatic rings. The molecule has 0 aliphatic carbocycles. The zero-order valence-electron chi connectivity index (χ0n) is 18.7. The molecule has 4 heterocycles. The molecule has 164 valence electrons. The van der Waals surface area contributed by atoms with E-state index < -0.39 is 17.4 Å². The highest BCUT2D eigenvalue weighted by atomic mass is 16.2. The number of fused-ring (bicyclic) bond motifs is 7. The summed E-state index contributed by atoms with van der Waals surface area (Å²) in [6.07, 6.45) is 1.84. The van der Waals surface area contributed by atoms with Crippen LogP contribution in [0.15, 0.2) is 42.5 Å². The highest BCUT2D eigenvalue weighted by molar-refractivity contribution is 6.25. The van der Waals surface area contributed by atoms with Gasteiger partial charge in [0.2, 0.25) is 17.4 Å². The molecule has 3 fully saturated rings. The number of nitrogens with one attached hydrogen (secondary N) is 1. The predicted octanol–water partition coefficient (Wildman–Crippen LogP) is 1.73. The van der Waals surface area contributed by atoms with Gasteiger partial charge in [0.15, 0.2) is 0 Å². The summed E-state index contributed by atoms with van der Waals surface area (Å²) in [4.78, 5) is 46.4. The van der Waals surface area contributed by atoms with Crippen molar-refractivity contribution in [3.63, 3.8) is 0 Å². The maximum Gasteiger partial charge on any atom is 0.294 e. The van der Waals surface area contributed by atoms with Gasteiger partial charge >= 0.3 is 0 Å². The zero-order chi connectivity index (χ0) is 22.4. The second kappa shape index (κ2) is 6.51. The number of anilines is 2. The molecule has 4 aliphatic heterocycles. The number of hydrogen-bond donors (Lipinski definition) is 1. The Labute approximate surface area is 187 Å². The van der Waals surface area contributed by atoms with E-state index in [-0.39, 0.29) is 23.8 Å². The lowest BCUT2D eigenvalue weighted by atomic mass is 9.75. The fourth-order valence-electron chi connectivity index (χ4n) is 7.21. The number of imide groups is 1. The molecular formula is C26H28N3O3+. The Morgan fingerprint density at radius 2 is 1.81 bits per heavy atom. The van der Waals surface area contributed by atoms with E-state index in [1.165, 1.54) is 4.90 Å². The lowest BCUT2D eigenvalue weighted by Crippen LogP contribution is -3.20. The monoisotopic (exact) mass is 430 g/mol. The molecule has 2 aromatic carbocycles. The van der Waals surface area contributed by atoms with Gasteiger partial charge < -0.3 is 9.80 Å². The molecule has 1 N–H and O–H groups in total. The number of aryl methyl sites for hydroxylation is 2. The number of amides is 3. The normalized spacial score (nSPS) is 32.8. The van der Waals surface area contributed by atoms with Crippen LogP contribution < -0.4 is 14.7 Å². The molecule has 32 heavy (non-hydrogen) atoms. The third-order valence-electron chi connectivity index (χ3n) is 8.28. The van der Waals surface area contributed by atoms with Crippen molar-refractivity contribution in [2.45, 2.75) is 45.2 Å². The van der Waals surface area contributed by atoms with Crippen LogP contribution in [0, 0.1) is 25.7 Å². The Bertz CT molecular complexity index is 1190. The number of carbonyl (C=O) groups is 3. The maximum atomic E-state index is 14.1. The van der Waals surface area contributed by atoms with Gasteiger partial charge in [0.1, 0.15) is 17.9 Å². The number of nitrogens with zero attached hydrogens (tertiary/aromatic N) is 2. The third-order valence-corrected chi connectivity index (χ3v) is 8.28. The molecule has 6 heteroatoms. The predicted molar refractivity (Wildman–Crippen MR) is 120 cm³/mol. The van der Waals surface area contributed by atoms with Gasteiger partial charge in [-0.25, -0.2) is 4.90 Å². The number of hydrogen-bond acceptors (Lipinski definition) is 3. The van der Waals surface area contributed by atoms with E-state index in [0.717, 1.165) is 46.7 Å². The summed E-state index contributed by atoms with van der Waals surface area (Å²) in [5, 5.41) is 0. The minimum Gasteiger partial charge on any atom is -0.315 e. The minimum absolute atomic E-state index is 0.000941. The van der Waals surface area contributed by atoms with Crippen molar-refractivity contribution in [2.75, 3.05) is 22.9 Å². The number of quaternary nitrogens is 1. The molecule has 0 radical (unpaired) electrons. The first-order valence-electron chi connectivity index (χ1n) is 11.7. The van der Waals surface area contributed by atoms with Crippen LogP contribution in [0.1, 0.15) is 36.5 Å². The van der Waals surface area contributed by atoms with Crippen LogP contribution in [0.5, 0.6) is 0 Å². The summed E-state index contributed by atoms with van der Waals surface area (Å²) < 4.78 is 0. The van der Waals surface area contributed by atoms with Gasteiger partial charge in [0, 0.05) is 24.9 Å². The molecular weight excluding hydrogens is 402 g/mol. The number of benzene rings is 2. The second-order valence-electron chi connectivity index (χ2n) is 9.70. The van der Waals surface area contributed by atoms with Gasteiger partial charge in [-0.3, -0.25) is 14.4 Å². The van der Waals surface area contributed by atoms with Gasteiger partial charge in [-0.2, -0.15) is 0 Å². The van der Waals surface area contributed by atoms with Crippen molar-refractivity contribution in [1.29, 1.82) is 0 Å². The largest absolute Gasteiger partial charge is 0.315 e. The lowest BCUT2D eigenvalue weighted by molar-refractivity contribution is -0.948. The van der Waals surface area contributed by atoms with Crippen molar-refractivity contribution in [3.8, 4) is 0 Å². The van der Waals surface area contributed by atoms with Gasteiger partial charge in [-0.05, 0) is 38.5 Å². The number of para-hydroxylation sites is 1. The van der Waals surface area contributed by atoms with Crippen LogP contribution >= 0.6 is 0 Å². The summed E-state index contributed by atoms with van der Waals surface area (Å²) in [7, 11) is 0. The number of carbonyl (C=O) groups excluding carboxylic acids is 3. The van der Waals surface area contributed by atoms with E-state index in [2.05, 4.69) is 0 Å². The smallest absolute Gasteiger partial charge is 0.294 e. The second-order valence-corrected chi connectivity index (χ2v) is 9.70. The summed E-state index contributed by atoms with van der Waals surface area (Å²) in [6.45, 7) is 7.28. The highest BCUT2D eigenvalue weighted by Gasteiger charge is 2.79. The zero-order valence-corrected chi connectivity index (χ0v) is 18.7. The summed E-state index contributed by atoms with van der Waals surface area (Å²) in [5.74, 6) is -1.46. The lowest BCUT2D eigenvalue weighted by Gasteiger charge is -2.34. The van der Waals surface area contributed by atoms with E-state index in [4.69, 9.17) is 0 Å². The first-order valence-corrected chi connectivity index (χ1v) is 11.7. The molecule has 0 bridgehead atoms. The average Bonchev–Trinajstić information content (AvgIpc) is 3.47. The van der Waals surface area contributed by atoms with E-state index in [9.17, 15) is 14.4 Å². The first kappa shape index (κ1) is 19.7. The van der Waals surface area contributed by atoms with Gasteiger partial charge in [-0.15, -0.1) is 0 Å². The SMILES string of the molecule is CCN1C(=O)[C@@]2(c3ccccc31)[C@@H]1C(=O)N(c3ccc(C)cc3C)C(=O)[C@@H]1[C@@H]1CCC[NH+]12. The average molecular weight is 431 g/mol. The molecule has 1 spiro atoms. The fourth-order valence-corrected chi connectivity index (χ4v) is 7.21. The van der Waals surface area contributed by atoms with Crippen molar-refractivity contribution in [1.82, 2.24) is 0 Å². The molecule has 1 unspecified atom stereocenters. The van der Waals surface area contributed by atoms with Crippen molar-refractivity contribution in [3.05, 3.63) is 59.2 Å². The molecule has 4 aliphatic rings. The standard InChI is InChI=1S/C26H27N3O3/c1-4-27-19-9-6-5-8-17(19)26(25(27)32)22-21(20-10-7-13-28(20)26)23(30)29(24(22)31)18-12-11-15(2)14-16(18)3/h5-6,8-9,11-12,14,20-22H,4,7,10,13H2,1-3H3/p+1/t20-,21+,22-,26+/m0/s1. The van der Waals surface area contributed by atoms with Crippen molar-refractivity contribution in [2.24, 2.45) is 11.8 Å². The molecule has 3 amide bonds. The van der Waals surface area contributed by atoms with E-state index in [0.29, 0.717) is 12.2 Å². The quantitative estimate of drug-likeness (QED) is 0.739. The van der Waals surface area contributed by atoms with Crippen molar-refractivity contribution < 1.29 is 19.3 Å². The summed E-state index contributed by atoms with van der Waals surface area (Å²) in [5.41, 5.74) is 3.46. The van der Waals surface area contributed by atoms with Crippen LogP contribution in [0.3, 0.4) is 0 Å². The number of likely N-dealkylation sites (N-methyl/N-ethyl adjacent to an activating group) is 1. The van der Waals surface area contributed by atoms with Crippen LogP contribution in [0.25, 0.3) is 0 Å². The van der Waals surface area contributed by atoms with Crippen LogP contribution in [-0.2, 0) is 19.9 Å². The van der Waals surface area contributed by atoms with E-state index in [1.54, 1.807) is 0 Å². The third kappa shape index (κ3) is 2.11. The summed E-state index contributed by atoms with van der Waals surface area (Å²) >= 11 is 0. The highest BCUT2D eigenvalue weighted by Crippen LogP contribution is 2.53. The maximum absolute atomic E-state index is 14.1. The van der Waals surface area contributed by atoms with Crippen LogP contribution in [0.4, 0.5) is 11.4 Å².